The second-order valence-electron chi connectivity index (χ2n) is 6.47. The summed E-state index contributed by atoms with van der Waals surface area (Å²) >= 11 is 5.08. The van der Waals surface area contributed by atoms with Crippen molar-refractivity contribution in [2.24, 2.45) is 0 Å². The van der Waals surface area contributed by atoms with Crippen molar-refractivity contribution in [2.45, 2.75) is 19.8 Å². The second-order valence-corrected chi connectivity index (χ2v) is 6.88. The average molecular weight is 391 g/mol. The Morgan fingerprint density at radius 2 is 1.43 bits per heavy atom. The van der Waals surface area contributed by atoms with E-state index in [1.807, 2.05) is 73.7 Å². The Bertz CT molecular complexity index is 1030. The number of hydrazine groups is 1. The molecule has 0 aliphatic rings. The molecule has 0 saturated heterocycles. The summed E-state index contributed by atoms with van der Waals surface area (Å²) in [5.74, 6) is -0.484. The third-order valence-corrected chi connectivity index (χ3v) is 4.62. The lowest BCUT2D eigenvalue weighted by Gasteiger charge is -2.12. The van der Waals surface area contributed by atoms with Gasteiger partial charge in [-0.3, -0.25) is 20.4 Å². The Morgan fingerprint density at radius 1 is 0.786 bits per heavy atom. The van der Waals surface area contributed by atoms with E-state index in [0.29, 0.717) is 0 Å². The van der Waals surface area contributed by atoms with Crippen LogP contribution in [0.1, 0.15) is 16.7 Å². The molecule has 0 aliphatic carbocycles. The monoisotopic (exact) mass is 391 g/mol. The normalized spacial score (nSPS) is 10.3. The highest BCUT2D eigenvalue weighted by atomic mass is 32.1. The van der Waals surface area contributed by atoms with Gasteiger partial charge < -0.3 is 5.32 Å². The Labute approximate surface area is 169 Å². The summed E-state index contributed by atoms with van der Waals surface area (Å²) in [6.45, 7) is 1.95. The summed E-state index contributed by atoms with van der Waals surface area (Å²) in [6, 6.07) is 21.4. The molecule has 0 heterocycles. The van der Waals surface area contributed by atoms with Gasteiger partial charge in [0.15, 0.2) is 5.11 Å². The molecule has 0 aliphatic heterocycles. The zero-order valence-corrected chi connectivity index (χ0v) is 16.3. The fourth-order valence-corrected chi connectivity index (χ4v) is 3.14. The van der Waals surface area contributed by atoms with Gasteiger partial charge >= 0.3 is 0 Å². The number of hydrogen-bond acceptors (Lipinski definition) is 3. The van der Waals surface area contributed by atoms with E-state index in [9.17, 15) is 9.59 Å². The van der Waals surface area contributed by atoms with Crippen LogP contribution in [0.3, 0.4) is 0 Å². The summed E-state index contributed by atoms with van der Waals surface area (Å²) in [7, 11) is 0. The van der Waals surface area contributed by atoms with Crippen LogP contribution < -0.4 is 16.2 Å². The molecule has 3 N–H and O–H groups in total. The Morgan fingerprint density at radius 3 is 2.25 bits per heavy atom. The smallest absolute Gasteiger partial charge is 0.242 e. The number of nitrogens with one attached hydrogen (secondary N) is 3. The van der Waals surface area contributed by atoms with Crippen LogP contribution in [0.4, 0.5) is 0 Å². The van der Waals surface area contributed by atoms with Crippen LogP contribution in [0.2, 0.25) is 0 Å². The van der Waals surface area contributed by atoms with E-state index >= 15 is 0 Å². The SMILES string of the molecule is Cc1ccccc1CC(=O)NC(=S)NNC(=O)Cc1cccc2ccccc12. The highest BCUT2D eigenvalue weighted by Crippen LogP contribution is 2.18. The first-order valence-electron chi connectivity index (χ1n) is 8.93. The summed E-state index contributed by atoms with van der Waals surface area (Å²) in [6.07, 6.45) is 0.423. The van der Waals surface area contributed by atoms with Crippen molar-refractivity contribution in [3.05, 3.63) is 83.4 Å². The van der Waals surface area contributed by atoms with Gasteiger partial charge in [-0.1, -0.05) is 66.7 Å². The third-order valence-electron chi connectivity index (χ3n) is 4.41. The average Bonchev–Trinajstić information content (AvgIpc) is 2.68. The van der Waals surface area contributed by atoms with Gasteiger partial charge in [-0.15, -0.1) is 0 Å². The van der Waals surface area contributed by atoms with Gasteiger partial charge in [0, 0.05) is 0 Å². The topological polar surface area (TPSA) is 70.2 Å². The highest BCUT2D eigenvalue weighted by Gasteiger charge is 2.10. The molecule has 0 saturated carbocycles. The van der Waals surface area contributed by atoms with Gasteiger partial charge in [-0.2, -0.15) is 0 Å². The van der Waals surface area contributed by atoms with Gasteiger partial charge in [-0.05, 0) is 46.6 Å². The van der Waals surface area contributed by atoms with Crippen LogP contribution in [0.5, 0.6) is 0 Å². The quantitative estimate of drug-likeness (QED) is 0.472. The fourth-order valence-electron chi connectivity index (χ4n) is 2.97. The van der Waals surface area contributed by atoms with E-state index in [4.69, 9.17) is 12.2 Å². The lowest BCUT2D eigenvalue weighted by atomic mass is 10.0. The number of thiocarbonyl (C=S) groups is 1. The maximum Gasteiger partial charge on any atom is 0.242 e. The maximum absolute atomic E-state index is 12.2. The van der Waals surface area contributed by atoms with Crippen molar-refractivity contribution < 1.29 is 9.59 Å². The van der Waals surface area contributed by atoms with E-state index in [1.54, 1.807) is 0 Å². The number of hydrogen-bond donors (Lipinski definition) is 3. The molecule has 3 rings (SSSR count). The highest BCUT2D eigenvalue weighted by molar-refractivity contribution is 7.80. The van der Waals surface area contributed by atoms with Gasteiger partial charge in [0.25, 0.3) is 0 Å². The molecule has 0 fully saturated rings. The van der Waals surface area contributed by atoms with Crippen LogP contribution in [0.15, 0.2) is 66.7 Å². The summed E-state index contributed by atoms with van der Waals surface area (Å²) < 4.78 is 0. The lowest BCUT2D eigenvalue weighted by molar-refractivity contribution is -0.121. The van der Waals surface area contributed by atoms with Crippen LogP contribution in [0.25, 0.3) is 10.8 Å². The number of carbonyl (C=O) groups is 2. The Balaban J connectivity index is 1.49. The van der Waals surface area contributed by atoms with E-state index in [2.05, 4.69) is 16.2 Å². The maximum atomic E-state index is 12.2. The molecule has 3 aromatic rings. The van der Waals surface area contributed by atoms with Gasteiger partial charge in [0.1, 0.15) is 0 Å². The molecule has 0 unspecified atom stereocenters. The minimum atomic E-state index is -0.244. The molecule has 0 bridgehead atoms. The molecule has 142 valence electrons. The molecular formula is C22H21N3O2S. The number of fused-ring (bicyclic) bond motifs is 1. The van der Waals surface area contributed by atoms with Crippen LogP contribution in [-0.4, -0.2) is 16.9 Å². The zero-order valence-electron chi connectivity index (χ0n) is 15.5. The first-order valence-corrected chi connectivity index (χ1v) is 9.33. The molecule has 0 atom stereocenters. The molecule has 0 aromatic heterocycles. The van der Waals surface area contributed by atoms with E-state index in [1.165, 1.54) is 0 Å². The number of aryl methyl sites for hydroxylation is 1. The summed E-state index contributed by atoms with van der Waals surface area (Å²) in [5.41, 5.74) is 8.01. The fraction of sp³-hybridized carbons (Fsp3) is 0.136. The molecule has 0 spiro atoms. The van der Waals surface area contributed by atoms with Crippen molar-refractivity contribution in [1.29, 1.82) is 0 Å². The zero-order chi connectivity index (χ0) is 19.9. The molecule has 28 heavy (non-hydrogen) atoms. The molecule has 5 nitrogen and oxygen atoms in total. The van der Waals surface area contributed by atoms with Crippen LogP contribution in [-0.2, 0) is 22.4 Å². The molecule has 0 radical (unpaired) electrons. The van der Waals surface area contributed by atoms with Gasteiger partial charge in [-0.25, -0.2) is 0 Å². The van der Waals surface area contributed by atoms with Gasteiger partial charge in [0.2, 0.25) is 11.8 Å². The minimum absolute atomic E-state index is 0.0600. The van der Waals surface area contributed by atoms with Crippen molar-refractivity contribution in [3.63, 3.8) is 0 Å². The Kier molecular flexibility index (Phi) is 6.34. The molecule has 6 heteroatoms. The second kappa shape index (κ2) is 9.10. The van der Waals surface area contributed by atoms with Crippen molar-refractivity contribution in [3.8, 4) is 0 Å². The van der Waals surface area contributed by atoms with E-state index < -0.39 is 0 Å². The van der Waals surface area contributed by atoms with Crippen LogP contribution in [0, 0.1) is 6.92 Å². The van der Waals surface area contributed by atoms with E-state index in [-0.39, 0.29) is 29.8 Å². The van der Waals surface area contributed by atoms with Crippen LogP contribution >= 0.6 is 12.2 Å². The predicted octanol–water partition coefficient (Wildman–Crippen LogP) is 2.96. The largest absolute Gasteiger partial charge is 0.302 e. The van der Waals surface area contributed by atoms with Crippen molar-refractivity contribution >= 4 is 39.9 Å². The standard InChI is InChI=1S/C22H21N3O2S/c1-15-7-2-3-9-17(15)13-20(26)23-22(28)25-24-21(27)14-18-11-6-10-16-8-4-5-12-19(16)18/h2-12H,13-14H2,1H3,(H,24,27)(H2,23,25,26,28). The molecular weight excluding hydrogens is 370 g/mol. The first kappa shape index (κ1) is 19.5. The minimum Gasteiger partial charge on any atom is -0.302 e. The lowest BCUT2D eigenvalue weighted by Crippen LogP contribution is -2.49. The predicted molar refractivity (Wildman–Crippen MR) is 115 cm³/mol. The number of amides is 2. The van der Waals surface area contributed by atoms with Gasteiger partial charge in [0.05, 0.1) is 12.8 Å². The first-order chi connectivity index (χ1) is 13.5. The van der Waals surface area contributed by atoms with Crippen molar-refractivity contribution in [1.82, 2.24) is 16.2 Å². The molecule has 2 amide bonds. The van der Waals surface area contributed by atoms with E-state index in [0.717, 1.165) is 27.5 Å². The molecule has 3 aromatic carbocycles. The third kappa shape index (κ3) is 5.14. The summed E-state index contributed by atoms with van der Waals surface area (Å²) in [5, 5.41) is 4.75. The number of rotatable bonds is 4. The number of benzene rings is 3. The van der Waals surface area contributed by atoms with Crippen molar-refractivity contribution in [2.75, 3.05) is 0 Å². The number of carbonyl (C=O) groups excluding carboxylic acids is 2. The summed E-state index contributed by atoms with van der Waals surface area (Å²) in [4.78, 5) is 24.3. The Hall–Kier alpha value is -3.25.